The molecule has 0 fully saturated rings. The molecule has 2 heterocycles. The molecule has 0 saturated carbocycles. The molecular formula is C29H29Cl2F3N8O2. The number of alkyl halides is 3. The average molecular weight is 650 g/mol. The first kappa shape index (κ1) is 32.6. The van der Waals surface area contributed by atoms with Gasteiger partial charge in [-0.15, -0.1) is 0 Å². The van der Waals surface area contributed by atoms with Crippen molar-refractivity contribution >= 4 is 46.7 Å². The van der Waals surface area contributed by atoms with Crippen LogP contribution in [0, 0.1) is 11.3 Å². The Kier molecular flexibility index (Phi) is 10.3. The summed E-state index contributed by atoms with van der Waals surface area (Å²) < 4.78 is 43.7. The lowest BCUT2D eigenvalue weighted by molar-refractivity contribution is -0.125. The number of fused-ring (bicyclic) bond motifs is 2. The van der Waals surface area contributed by atoms with Crippen molar-refractivity contribution in [2.45, 2.75) is 38.5 Å². The summed E-state index contributed by atoms with van der Waals surface area (Å²) in [5.74, 6) is 4.13. The van der Waals surface area contributed by atoms with E-state index in [1.807, 2.05) is 5.32 Å². The fourth-order valence-electron chi connectivity index (χ4n) is 4.87. The summed E-state index contributed by atoms with van der Waals surface area (Å²) in [6, 6.07) is 11.5. The third-order valence-electron chi connectivity index (χ3n) is 7.10. The van der Waals surface area contributed by atoms with Crippen molar-refractivity contribution in [3.05, 3.63) is 98.4 Å². The number of aromatic nitrogens is 2. The molecule has 15 heteroatoms. The van der Waals surface area contributed by atoms with Gasteiger partial charge in [0.15, 0.2) is 0 Å². The minimum absolute atomic E-state index is 0.0701. The van der Waals surface area contributed by atoms with Crippen molar-refractivity contribution in [1.82, 2.24) is 20.2 Å². The summed E-state index contributed by atoms with van der Waals surface area (Å²) in [7, 11) is 0. The number of carbonyl (C=O) groups excluding carboxylic acids is 1. The zero-order valence-corrected chi connectivity index (χ0v) is 24.8. The van der Waals surface area contributed by atoms with E-state index in [9.17, 15) is 18.4 Å². The van der Waals surface area contributed by atoms with E-state index in [4.69, 9.17) is 40.2 Å². The summed E-state index contributed by atoms with van der Waals surface area (Å²) in [5, 5.41) is 13.5. The SMILES string of the molecule is CC1C(=O)N/C(C=N)=C(/NC(F)F)c2cccc(c2)C(n2cnc(-c3cc(Cl)ccc3N(N)/C=C(\N)Cl)cc2=O)CCC1F. The summed E-state index contributed by atoms with van der Waals surface area (Å²) in [5.41, 5.74) is 6.25. The molecule has 0 radical (unpaired) electrons. The Morgan fingerprint density at radius 3 is 2.64 bits per heavy atom. The molecule has 4 rings (SSSR count). The molecule has 0 spiro atoms. The van der Waals surface area contributed by atoms with Gasteiger partial charge in [-0.25, -0.2) is 15.2 Å². The molecular weight excluding hydrogens is 620 g/mol. The largest absolute Gasteiger partial charge is 0.388 e. The fourth-order valence-corrected chi connectivity index (χ4v) is 5.15. The first-order valence-electron chi connectivity index (χ1n) is 13.3. The minimum atomic E-state index is -3.04. The van der Waals surface area contributed by atoms with Crippen molar-refractivity contribution in [3.8, 4) is 11.3 Å². The molecule has 1 aliphatic rings. The maximum Gasteiger partial charge on any atom is 0.313 e. The van der Waals surface area contributed by atoms with Gasteiger partial charge in [-0.3, -0.25) is 19.2 Å². The quantitative estimate of drug-likeness (QED) is 0.106. The standard InChI is InChI=1S/C29H29Cl2F3N8O2/c1-15-20(32)6-8-23(16-3-2-4-17(9-16)27(40-29(33)34)22(12-35)39-28(15)44)41-14-38-21(11-26(41)43)19-10-18(30)5-7-24(19)42(37)13-25(31)36/h2-5,7,9-15,20,23,29,35,40H,6,8,36-37H2,1H3,(H,39,44)/b25-13-,27-22+,35-12?. The van der Waals surface area contributed by atoms with Crippen LogP contribution in [0.25, 0.3) is 17.0 Å². The first-order valence-corrected chi connectivity index (χ1v) is 14.0. The Bertz CT molecular complexity index is 1680. The lowest BCUT2D eigenvalue weighted by Crippen LogP contribution is -2.37. The number of hydrazine groups is 1. The van der Waals surface area contributed by atoms with Crippen LogP contribution in [0.5, 0.6) is 0 Å². The Morgan fingerprint density at radius 1 is 1.23 bits per heavy atom. The Morgan fingerprint density at radius 2 is 1.98 bits per heavy atom. The molecule has 1 amide bonds. The molecule has 3 unspecified atom stereocenters. The van der Waals surface area contributed by atoms with Gasteiger partial charge < -0.3 is 21.8 Å². The highest BCUT2D eigenvalue weighted by molar-refractivity contribution is 6.31. The predicted molar refractivity (Wildman–Crippen MR) is 165 cm³/mol. The number of amides is 1. The van der Waals surface area contributed by atoms with E-state index in [1.54, 1.807) is 30.3 Å². The number of allylic oxidation sites excluding steroid dienone is 1. The number of nitrogens with two attached hydrogens (primary N) is 2. The highest BCUT2D eigenvalue weighted by atomic mass is 35.5. The van der Waals surface area contributed by atoms with Gasteiger partial charge >= 0.3 is 6.55 Å². The zero-order chi connectivity index (χ0) is 32.1. The van der Waals surface area contributed by atoms with E-state index in [0.29, 0.717) is 28.1 Å². The highest BCUT2D eigenvalue weighted by Crippen LogP contribution is 2.33. The lowest BCUT2D eigenvalue weighted by Gasteiger charge is -2.25. The smallest absolute Gasteiger partial charge is 0.313 e. The number of anilines is 1. The van der Waals surface area contributed by atoms with Crippen LogP contribution in [-0.2, 0) is 4.79 Å². The van der Waals surface area contributed by atoms with Crippen LogP contribution in [0.2, 0.25) is 5.02 Å². The number of hydrogen-bond donors (Lipinski definition) is 5. The van der Waals surface area contributed by atoms with Crippen LogP contribution < -0.4 is 32.8 Å². The van der Waals surface area contributed by atoms with Gasteiger partial charge in [0.25, 0.3) is 5.56 Å². The Hall–Kier alpha value is -4.33. The summed E-state index contributed by atoms with van der Waals surface area (Å²) in [6.45, 7) is -1.67. The fraction of sp³-hybridized carbons (Fsp3) is 0.241. The van der Waals surface area contributed by atoms with E-state index in [-0.39, 0.29) is 40.6 Å². The molecule has 7 N–H and O–H groups in total. The minimum Gasteiger partial charge on any atom is -0.388 e. The number of carbonyl (C=O) groups is 1. The number of benzene rings is 2. The molecule has 2 bridgehead atoms. The van der Waals surface area contributed by atoms with Gasteiger partial charge in [0.1, 0.15) is 11.3 Å². The van der Waals surface area contributed by atoms with Crippen molar-refractivity contribution in [2.75, 3.05) is 5.01 Å². The van der Waals surface area contributed by atoms with E-state index in [1.165, 1.54) is 42.2 Å². The zero-order valence-electron chi connectivity index (χ0n) is 23.3. The molecule has 1 aliphatic heterocycles. The van der Waals surface area contributed by atoms with Gasteiger partial charge in [0.2, 0.25) is 5.91 Å². The second-order valence-electron chi connectivity index (χ2n) is 9.99. The molecule has 10 nitrogen and oxygen atoms in total. The highest BCUT2D eigenvalue weighted by Gasteiger charge is 2.29. The topological polar surface area (TPSA) is 155 Å². The number of rotatable bonds is 7. The van der Waals surface area contributed by atoms with E-state index < -0.39 is 36.1 Å². The summed E-state index contributed by atoms with van der Waals surface area (Å²) >= 11 is 12.0. The van der Waals surface area contributed by atoms with Gasteiger partial charge in [-0.2, -0.15) is 8.78 Å². The second kappa shape index (κ2) is 14.0. The van der Waals surface area contributed by atoms with E-state index in [2.05, 4.69) is 10.3 Å². The monoisotopic (exact) mass is 648 g/mol. The number of nitrogens with zero attached hydrogens (tertiary/aromatic N) is 3. The molecule has 0 saturated heterocycles. The maximum absolute atomic E-state index is 15.3. The van der Waals surface area contributed by atoms with Gasteiger partial charge in [-0.1, -0.05) is 48.3 Å². The van der Waals surface area contributed by atoms with Crippen molar-refractivity contribution in [3.63, 3.8) is 0 Å². The van der Waals surface area contributed by atoms with Crippen LogP contribution in [0.4, 0.5) is 18.9 Å². The average Bonchev–Trinajstić information content (AvgIpc) is 2.98. The predicted octanol–water partition coefficient (Wildman–Crippen LogP) is 4.84. The molecule has 0 aliphatic carbocycles. The molecule has 232 valence electrons. The van der Waals surface area contributed by atoms with Crippen LogP contribution in [0.1, 0.15) is 36.9 Å². The third-order valence-corrected chi connectivity index (χ3v) is 7.44. The number of hydrogen-bond acceptors (Lipinski definition) is 8. The van der Waals surface area contributed by atoms with Gasteiger partial charge in [0.05, 0.1) is 47.3 Å². The third kappa shape index (κ3) is 7.41. The summed E-state index contributed by atoms with van der Waals surface area (Å²) in [4.78, 5) is 30.9. The Labute approximate surface area is 260 Å². The molecule has 44 heavy (non-hydrogen) atoms. The van der Waals surface area contributed by atoms with E-state index in [0.717, 1.165) is 5.01 Å². The van der Waals surface area contributed by atoms with Crippen LogP contribution in [0.3, 0.4) is 0 Å². The Balaban J connectivity index is 1.86. The maximum atomic E-state index is 15.3. The normalized spacial score (nSPS) is 21.2. The second-order valence-corrected chi connectivity index (χ2v) is 10.9. The first-order chi connectivity index (χ1) is 20.9. The van der Waals surface area contributed by atoms with Crippen LogP contribution in [-0.4, -0.2) is 34.4 Å². The molecule has 3 atom stereocenters. The lowest BCUT2D eigenvalue weighted by atomic mass is 9.93. The van der Waals surface area contributed by atoms with Gasteiger partial charge in [-0.05, 0) is 42.7 Å². The van der Waals surface area contributed by atoms with Crippen LogP contribution >= 0.6 is 23.2 Å². The van der Waals surface area contributed by atoms with Crippen molar-refractivity contribution < 1.29 is 18.0 Å². The number of nitrogens with one attached hydrogen (secondary N) is 3. The molecule has 2 aromatic carbocycles. The van der Waals surface area contributed by atoms with Crippen molar-refractivity contribution in [1.29, 1.82) is 5.41 Å². The number of halogens is 5. The summed E-state index contributed by atoms with van der Waals surface area (Å²) in [6.07, 6.45) is 1.57. The molecule has 3 aromatic rings. The van der Waals surface area contributed by atoms with Gasteiger partial charge in [0, 0.05) is 28.4 Å². The van der Waals surface area contributed by atoms with Crippen molar-refractivity contribution in [2.24, 2.45) is 17.5 Å². The molecule has 1 aromatic heterocycles. The van der Waals surface area contributed by atoms with E-state index >= 15 is 4.39 Å². The van der Waals surface area contributed by atoms with Crippen LogP contribution in [0.15, 0.2) is 76.7 Å².